The standard InChI is InChI=1S/C14H16N4.C8H5ClF3NO/c1-3-5-13(15-2)6-4-9-18-14-11-16-8-7-12(14)10-17-18;9-7-2-1-5(13-4-14)3-6(7)8(10,11)12/h3-8,10-11,15H,1,9H2,2H3;1-4H,(H,13,14)/b6-4-,13-5+;. The van der Waals surface area contributed by atoms with E-state index in [1.807, 2.05) is 48.4 Å². The van der Waals surface area contributed by atoms with Crippen molar-refractivity contribution in [2.24, 2.45) is 0 Å². The monoisotopic (exact) mass is 463 g/mol. The lowest BCUT2D eigenvalue weighted by Gasteiger charge is -2.09. The first kappa shape index (κ1) is 24.7. The molecule has 1 aromatic carbocycles. The quantitative estimate of drug-likeness (QED) is 0.373. The number of aromatic nitrogens is 3. The van der Waals surface area contributed by atoms with Crippen molar-refractivity contribution in [2.45, 2.75) is 12.7 Å². The van der Waals surface area contributed by atoms with E-state index in [9.17, 15) is 18.0 Å². The minimum Gasteiger partial charge on any atom is -0.388 e. The molecule has 0 bridgehead atoms. The number of alkyl halides is 3. The summed E-state index contributed by atoms with van der Waals surface area (Å²) in [5.74, 6) is 0. The summed E-state index contributed by atoms with van der Waals surface area (Å²) in [7, 11) is 1.88. The van der Waals surface area contributed by atoms with Gasteiger partial charge < -0.3 is 10.6 Å². The number of nitrogens with one attached hydrogen (secondary N) is 2. The summed E-state index contributed by atoms with van der Waals surface area (Å²) in [6, 6.07) is 5.10. The summed E-state index contributed by atoms with van der Waals surface area (Å²) in [5.41, 5.74) is 1.14. The van der Waals surface area contributed by atoms with Gasteiger partial charge >= 0.3 is 6.18 Å². The van der Waals surface area contributed by atoms with E-state index in [-0.39, 0.29) is 5.69 Å². The van der Waals surface area contributed by atoms with Gasteiger partial charge in [0.05, 0.1) is 35.0 Å². The van der Waals surface area contributed by atoms with Gasteiger partial charge in [-0.15, -0.1) is 0 Å². The number of pyridine rings is 1. The molecule has 2 aromatic heterocycles. The number of carbonyl (C=O) groups is 1. The van der Waals surface area contributed by atoms with Crippen LogP contribution in [0.15, 0.2) is 79.4 Å². The average Bonchev–Trinajstić information content (AvgIpc) is 3.17. The number of rotatable bonds is 7. The van der Waals surface area contributed by atoms with Crippen LogP contribution in [0.25, 0.3) is 10.9 Å². The van der Waals surface area contributed by atoms with E-state index in [0.717, 1.165) is 28.7 Å². The lowest BCUT2D eigenvalue weighted by molar-refractivity contribution is -0.137. The zero-order valence-electron chi connectivity index (χ0n) is 17.1. The van der Waals surface area contributed by atoms with E-state index in [1.54, 1.807) is 12.3 Å². The lowest BCUT2D eigenvalue weighted by Crippen LogP contribution is -2.07. The minimum atomic E-state index is -4.52. The fraction of sp³-hybridized carbons (Fsp3) is 0.136. The zero-order chi connectivity index (χ0) is 23.6. The maximum absolute atomic E-state index is 12.3. The number of nitrogens with zero attached hydrogens (tertiary/aromatic N) is 3. The predicted molar refractivity (Wildman–Crippen MR) is 120 cm³/mol. The van der Waals surface area contributed by atoms with Gasteiger partial charge in [0.1, 0.15) is 0 Å². The van der Waals surface area contributed by atoms with Gasteiger partial charge in [-0.2, -0.15) is 18.3 Å². The SMILES string of the molecule is C=C/C=C(\C=C/Cn1ncc2ccncc21)NC.O=CNc1ccc(Cl)c(C(F)(F)F)c1. The molecule has 0 saturated heterocycles. The Labute approximate surface area is 188 Å². The molecule has 0 aliphatic heterocycles. The van der Waals surface area contributed by atoms with Crippen LogP contribution in [0.3, 0.4) is 0 Å². The molecule has 0 unspecified atom stereocenters. The summed E-state index contributed by atoms with van der Waals surface area (Å²) >= 11 is 5.34. The predicted octanol–water partition coefficient (Wildman–Crippen LogP) is 5.20. The molecule has 0 aliphatic rings. The molecular weight excluding hydrogens is 443 g/mol. The second kappa shape index (κ2) is 11.7. The fourth-order valence-electron chi connectivity index (χ4n) is 2.59. The first-order valence-corrected chi connectivity index (χ1v) is 9.67. The molecule has 0 radical (unpaired) electrons. The third kappa shape index (κ3) is 6.98. The fourth-order valence-corrected chi connectivity index (χ4v) is 2.82. The van der Waals surface area contributed by atoms with Crippen LogP contribution in [0.1, 0.15) is 5.56 Å². The number of likely N-dealkylation sites (N-methyl/N-ethyl adjacent to an activating group) is 1. The van der Waals surface area contributed by atoms with Crippen molar-refractivity contribution in [3.8, 4) is 0 Å². The summed E-state index contributed by atoms with van der Waals surface area (Å²) in [4.78, 5) is 14.1. The van der Waals surface area contributed by atoms with Crippen LogP contribution in [-0.4, -0.2) is 28.2 Å². The molecule has 2 N–H and O–H groups in total. The molecule has 0 atom stereocenters. The smallest absolute Gasteiger partial charge is 0.388 e. The molecule has 32 heavy (non-hydrogen) atoms. The Morgan fingerprint density at radius 3 is 2.72 bits per heavy atom. The van der Waals surface area contributed by atoms with Gasteiger partial charge in [-0.3, -0.25) is 14.5 Å². The first-order chi connectivity index (χ1) is 15.3. The number of amides is 1. The zero-order valence-corrected chi connectivity index (χ0v) is 17.9. The molecule has 6 nitrogen and oxygen atoms in total. The normalized spacial score (nSPS) is 11.7. The van der Waals surface area contributed by atoms with Gasteiger partial charge in [-0.25, -0.2) is 0 Å². The van der Waals surface area contributed by atoms with E-state index in [0.29, 0.717) is 13.0 Å². The molecule has 10 heteroatoms. The Morgan fingerprint density at radius 2 is 2.06 bits per heavy atom. The number of hydrogen-bond acceptors (Lipinski definition) is 4. The molecule has 3 aromatic rings. The second-order valence-electron chi connectivity index (χ2n) is 6.23. The van der Waals surface area contributed by atoms with Gasteiger partial charge in [-0.1, -0.05) is 30.3 Å². The van der Waals surface area contributed by atoms with E-state index in [1.165, 1.54) is 6.07 Å². The molecular formula is C22H21ClF3N5O. The average molecular weight is 464 g/mol. The van der Waals surface area contributed by atoms with Crippen molar-refractivity contribution in [3.05, 3.63) is 90.0 Å². The van der Waals surface area contributed by atoms with E-state index >= 15 is 0 Å². The van der Waals surface area contributed by atoms with Crippen LogP contribution in [0.5, 0.6) is 0 Å². The first-order valence-electron chi connectivity index (χ1n) is 9.29. The summed E-state index contributed by atoms with van der Waals surface area (Å²) < 4.78 is 38.7. The summed E-state index contributed by atoms with van der Waals surface area (Å²) in [6.07, 6.45) is 8.95. The number of hydrogen-bond donors (Lipinski definition) is 2. The molecule has 0 saturated carbocycles. The number of anilines is 1. The maximum atomic E-state index is 12.3. The van der Waals surface area contributed by atoms with Crippen LogP contribution < -0.4 is 10.6 Å². The van der Waals surface area contributed by atoms with Crippen LogP contribution >= 0.6 is 11.6 Å². The summed E-state index contributed by atoms with van der Waals surface area (Å²) in [5, 5.41) is 10.2. The van der Waals surface area contributed by atoms with Crippen molar-refractivity contribution in [2.75, 3.05) is 12.4 Å². The third-order valence-electron chi connectivity index (χ3n) is 4.11. The van der Waals surface area contributed by atoms with Crippen LogP contribution in [0.2, 0.25) is 5.02 Å². The Balaban J connectivity index is 0.000000235. The van der Waals surface area contributed by atoms with Crippen molar-refractivity contribution in [1.29, 1.82) is 0 Å². The molecule has 3 rings (SSSR count). The maximum Gasteiger partial charge on any atom is 0.417 e. The van der Waals surface area contributed by atoms with Crippen LogP contribution in [-0.2, 0) is 17.5 Å². The van der Waals surface area contributed by atoms with Gasteiger partial charge in [0.2, 0.25) is 6.41 Å². The third-order valence-corrected chi connectivity index (χ3v) is 4.44. The van der Waals surface area contributed by atoms with Crippen LogP contribution in [0.4, 0.5) is 18.9 Å². The van der Waals surface area contributed by atoms with Crippen molar-refractivity contribution in [3.63, 3.8) is 0 Å². The van der Waals surface area contributed by atoms with Gasteiger partial charge in [0.25, 0.3) is 0 Å². The lowest BCUT2D eigenvalue weighted by atomic mass is 10.2. The Hall–Kier alpha value is -3.59. The number of carbonyl (C=O) groups excluding carboxylic acids is 1. The molecule has 1 amide bonds. The summed E-state index contributed by atoms with van der Waals surface area (Å²) in [6.45, 7) is 4.38. The highest BCUT2D eigenvalue weighted by Gasteiger charge is 2.33. The number of fused-ring (bicyclic) bond motifs is 1. The number of allylic oxidation sites excluding steroid dienone is 4. The second-order valence-corrected chi connectivity index (χ2v) is 6.63. The minimum absolute atomic E-state index is 0.0525. The molecule has 0 fully saturated rings. The van der Waals surface area contributed by atoms with Crippen LogP contribution in [0, 0.1) is 0 Å². The highest BCUT2D eigenvalue weighted by molar-refractivity contribution is 6.31. The Bertz CT molecular complexity index is 1120. The van der Waals surface area contributed by atoms with Gasteiger partial charge in [0, 0.05) is 30.0 Å². The highest BCUT2D eigenvalue weighted by Crippen LogP contribution is 2.36. The van der Waals surface area contributed by atoms with E-state index in [4.69, 9.17) is 11.6 Å². The molecule has 0 spiro atoms. The van der Waals surface area contributed by atoms with E-state index < -0.39 is 16.8 Å². The van der Waals surface area contributed by atoms with Crippen molar-refractivity contribution in [1.82, 2.24) is 20.1 Å². The topological polar surface area (TPSA) is 71.8 Å². The molecule has 168 valence electrons. The molecule has 0 aliphatic carbocycles. The van der Waals surface area contributed by atoms with Crippen molar-refractivity contribution < 1.29 is 18.0 Å². The largest absolute Gasteiger partial charge is 0.417 e. The van der Waals surface area contributed by atoms with Gasteiger partial charge in [0.15, 0.2) is 0 Å². The van der Waals surface area contributed by atoms with Gasteiger partial charge in [-0.05, 0) is 36.4 Å². The Kier molecular flexibility index (Phi) is 9.03. The highest BCUT2D eigenvalue weighted by atomic mass is 35.5. The van der Waals surface area contributed by atoms with E-state index in [2.05, 4.69) is 27.3 Å². The van der Waals surface area contributed by atoms with Crippen molar-refractivity contribution >= 4 is 34.6 Å². The Morgan fingerprint density at radius 1 is 1.28 bits per heavy atom. The molecule has 2 heterocycles. The number of benzene rings is 1. The number of halogens is 4.